The largest absolute Gasteiger partial charge is 0.505 e. The van der Waals surface area contributed by atoms with Crippen LogP contribution in [-0.4, -0.2) is 29.1 Å². The average Bonchev–Trinajstić information content (AvgIpc) is 2.47. The smallest absolute Gasteiger partial charge is 0.377 e. The van der Waals surface area contributed by atoms with Crippen LogP contribution in [0.2, 0.25) is 0 Å². The molecular formula is C14H17ClO3Si. The molecule has 3 nitrogen and oxygen atoms in total. The van der Waals surface area contributed by atoms with Gasteiger partial charge in [-0.05, 0) is 16.3 Å². The summed E-state index contributed by atoms with van der Waals surface area (Å²) in [6.07, 6.45) is 0. The first-order valence-corrected chi connectivity index (χ1v) is 8.48. The summed E-state index contributed by atoms with van der Waals surface area (Å²) >= 11 is 5.68. The lowest BCUT2D eigenvalue weighted by Gasteiger charge is -2.25. The lowest BCUT2D eigenvalue weighted by molar-refractivity contribution is 0.115. The van der Waals surface area contributed by atoms with Crippen LogP contribution < -0.4 is 0 Å². The molecule has 0 fully saturated rings. The highest BCUT2D eigenvalue weighted by atomic mass is 35.5. The molecule has 0 aliphatic rings. The number of hydrogen-bond acceptors (Lipinski definition) is 3. The number of alkyl halides is 1. The van der Waals surface area contributed by atoms with Crippen molar-refractivity contribution in [1.29, 1.82) is 0 Å². The van der Waals surface area contributed by atoms with E-state index in [-0.39, 0.29) is 6.07 Å². The Kier molecular flexibility index (Phi) is 4.96. The van der Waals surface area contributed by atoms with Crippen molar-refractivity contribution in [1.82, 2.24) is 0 Å². The van der Waals surface area contributed by atoms with Gasteiger partial charge in [0.25, 0.3) is 0 Å². The number of benzene rings is 2. The molecule has 0 unspecified atom stereocenters. The van der Waals surface area contributed by atoms with Gasteiger partial charge >= 0.3 is 8.80 Å². The van der Waals surface area contributed by atoms with Crippen molar-refractivity contribution >= 4 is 31.2 Å². The Morgan fingerprint density at radius 2 is 1.68 bits per heavy atom. The van der Waals surface area contributed by atoms with Crippen molar-refractivity contribution in [3.8, 4) is 0 Å². The van der Waals surface area contributed by atoms with E-state index in [4.69, 9.17) is 24.9 Å². The SMILES string of the molecule is CO[Si](Cc1cccc2ccccc12)(OC)OCCl. The molecule has 0 amide bonds. The lowest BCUT2D eigenvalue weighted by atomic mass is 10.1. The Morgan fingerprint density at radius 3 is 2.37 bits per heavy atom. The van der Waals surface area contributed by atoms with Crippen LogP contribution in [0, 0.1) is 0 Å². The zero-order valence-electron chi connectivity index (χ0n) is 11.1. The van der Waals surface area contributed by atoms with Gasteiger partial charge in [0.05, 0.1) is 0 Å². The molecule has 0 aliphatic heterocycles. The molecule has 0 saturated carbocycles. The zero-order valence-corrected chi connectivity index (χ0v) is 12.8. The third-order valence-electron chi connectivity index (χ3n) is 3.18. The highest BCUT2D eigenvalue weighted by molar-refractivity contribution is 6.60. The molecule has 0 heterocycles. The number of fused-ring (bicyclic) bond motifs is 1. The molecule has 0 aromatic heterocycles. The maximum absolute atomic E-state index is 5.68. The standard InChI is InChI=1S/C14H17ClO3Si/c1-16-19(17-2,18-11-15)10-13-8-5-7-12-6-3-4-9-14(12)13/h3-9H,10-11H2,1-2H3. The summed E-state index contributed by atoms with van der Waals surface area (Å²) in [5.74, 6) is 0. The van der Waals surface area contributed by atoms with Crippen molar-refractivity contribution < 1.29 is 13.3 Å². The second-order valence-corrected chi connectivity index (χ2v) is 7.20. The molecule has 0 aliphatic carbocycles. The normalized spacial score (nSPS) is 11.9. The summed E-state index contributed by atoms with van der Waals surface area (Å²) in [7, 11) is 0.476. The van der Waals surface area contributed by atoms with Gasteiger partial charge in [0.15, 0.2) is 0 Å². The average molecular weight is 297 g/mol. The van der Waals surface area contributed by atoms with Crippen LogP contribution in [0.3, 0.4) is 0 Å². The Balaban J connectivity index is 2.39. The van der Waals surface area contributed by atoms with E-state index < -0.39 is 8.80 Å². The second-order valence-electron chi connectivity index (χ2n) is 4.16. The Hall–Kier alpha value is -0.913. The molecule has 0 spiro atoms. The van der Waals surface area contributed by atoms with Crippen LogP contribution in [0.15, 0.2) is 42.5 Å². The van der Waals surface area contributed by atoms with Gasteiger partial charge < -0.3 is 13.3 Å². The van der Waals surface area contributed by atoms with Crippen molar-refractivity contribution in [2.45, 2.75) is 6.04 Å². The first-order chi connectivity index (χ1) is 9.24. The fourth-order valence-corrected chi connectivity index (χ4v) is 4.39. The van der Waals surface area contributed by atoms with Gasteiger partial charge in [0.2, 0.25) is 0 Å². The van der Waals surface area contributed by atoms with E-state index in [0.29, 0.717) is 6.04 Å². The van der Waals surface area contributed by atoms with Crippen LogP contribution in [0.1, 0.15) is 5.56 Å². The molecule has 0 radical (unpaired) electrons. The summed E-state index contributed by atoms with van der Waals surface area (Å²) in [6, 6.07) is 15.1. The van der Waals surface area contributed by atoms with Crippen molar-refractivity contribution in [3.63, 3.8) is 0 Å². The molecule has 102 valence electrons. The van der Waals surface area contributed by atoms with Gasteiger partial charge in [-0.1, -0.05) is 54.1 Å². The number of hydrogen-bond donors (Lipinski definition) is 0. The number of halogens is 1. The number of rotatable bonds is 6. The van der Waals surface area contributed by atoms with Gasteiger partial charge in [0.1, 0.15) is 6.07 Å². The van der Waals surface area contributed by atoms with Crippen LogP contribution in [0.25, 0.3) is 10.8 Å². The van der Waals surface area contributed by atoms with Crippen LogP contribution in [-0.2, 0) is 19.3 Å². The lowest BCUT2D eigenvalue weighted by Crippen LogP contribution is -2.46. The maximum Gasteiger partial charge on any atom is 0.505 e. The fourth-order valence-electron chi connectivity index (χ4n) is 2.16. The highest BCUT2D eigenvalue weighted by Crippen LogP contribution is 2.23. The summed E-state index contributed by atoms with van der Waals surface area (Å²) in [5.41, 5.74) is 1.15. The summed E-state index contributed by atoms with van der Waals surface area (Å²) in [6.45, 7) is 0. The Labute approximate surface area is 119 Å². The van der Waals surface area contributed by atoms with Gasteiger partial charge in [-0.3, -0.25) is 0 Å². The maximum atomic E-state index is 5.68. The van der Waals surface area contributed by atoms with Crippen molar-refractivity contribution in [2.24, 2.45) is 0 Å². The molecule has 0 bridgehead atoms. The van der Waals surface area contributed by atoms with E-state index in [1.54, 1.807) is 14.2 Å². The quantitative estimate of drug-likeness (QED) is 0.604. The summed E-state index contributed by atoms with van der Waals surface area (Å²) < 4.78 is 16.5. The molecule has 5 heteroatoms. The van der Waals surface area contributed by atoms with Gasteiger partial charge in [-0.25, -0.2) is 0 Å². The zero-order chi connectivity index (χ0) is 13.7. The molecule has 19 heavy (non-hydrogen) atoms. The minimum Gasteiger partial charge on any atom is -0.377 e. The summed E-state index contributed by atoms with van der Waals surface area (Å²) in [4.78, 5) is 0. The monoisotopic (exact) mass is 296 g/mol. The van der Waals surface area contributed by atoms with E-state index in [9.17, 15) is 0 Å². The first-order valence-electron chi connectivity index (χ1n) is 6.01. The van der Waals surface area contributed by atoms with Gasteiger partial charge in [-0.15, -0.1) is 0 Å². The Morgan fingerprint density at radius 1 is 1.00 bits per heavy atom. The van der Waals surface area contributed by atoms with Gasteiger partial charge in [0, 0.05) is 20.3 Å². The molecule has 0 N–H and O–H groups in total. The Bertz CT molecular complexity index is 538. The van der Waals surface area contributed by atoms with Crippen LogP contribution in [0.4, 0.5) is 0 Å². The van der Waals surface area contributed by atoms with E-state index in [1.165, 1.54) is 10.8 Å². The van der Waals surface area contributed by atoms with Crippen LogP contribution in [0.5, 0.6) is 0 Å². The minimum atomic E-state index is -2.73. The van der Waals surface area contributed by atoms with E-state index in [2.05, 4.69) is 24.3 Å². The second kappa shape index (κ2) is 6.50. The molecule has 2 aromatic carbocycles. The third kappa shape index (κ3) is 3.16. The molecular weight excluding hydrogens is 280 g/mol. The topological polar surface area (TPSA) is 27.7 Å². The van der Waals surface area contributed by atoms with Crippen LogP contribution >= 0.6 is 11.6 Å². The minimum absolute atomic E-state index is 0.0681. The fraction of sp³-hybridized carbons (Fsp3) is 0.286. The van der Waals surface area contributed by atoms with E-state index >= 15 is 0 Å². The third-order valence-corrected chi connectivity index (χ3v) is 6.12. The predicted octanol–water partition coefficient (Wildman–Crippen LogP) is 3.37. The highest BCUT2D eigenvalue weighted by Gasteiger charge is 2.39. The predicted molar refractivity (Wildman–Crippen MR) is 79.2 cm³/mol. The molecule has 0 atom stereocenters. The van der Waals surface area contributed by atoms with E-state index in [0.717, 1.165) is 5.56 Å². The van der Waals surface area contributed by atoms with E-state index in [1.807, 2.05) is 18.2 Å². The first kappa shape index (κ1) is 14.5. The molecule has 2 rings (SSSR count). The van der Waals surface area contributed by atoms with Crippen molar-refractivity contribution in [2.75, 3.05) is 20.3 Å². The molecule has 2 aromatic rings. The van der Waals surface area contributed by atoms with Gasteiger partial charge in [-0.2, -0.15) is 0 Å². The molecule has 0 saturated heterocycles. The summed E-state index contributed by atoms with van der Waals surface area (Å²) in [5, 5.41) is 2.38. The van der Waals surface area contributed by atoms with Crippen molar-refractivity contribution in [3.05, 3.63) is 48.0 Å².